The van der Waals surface area contributed by atoms with E-state index in [0.717, 1.165) is 110 Å². The first-order valence-electron chi connectivity index (χ1n) is 22.6. The van der Waals surface area contributed by atoms with Gasteiger partial charge in [0.2, 0.25) is 0 Å². The van der Waals surface area contributed by atoms with Crippen LogP contribution >= 0.6 is 0 Å². The van der Waals surface area contributed by atoms with Crippen LogP contribution in [0.15, 0.2) is 109 Å². The molecular formula is C52H67N7O6. The van der Waals surface area contributed by atoms with Gasteiger partial charge in [-0.05, 0) is 132 Å². The third-order valence-corrected chi connectivity index (χ3v) is 12.4. The van der Waals surface area contributed by atoms with Gasteiger partial charge in [-0.15, -0.1) is 0 Å². The van der Waals surface area contributed by atoms with Crippen LogP contribution in [0.3, 0.4) is 0 Å². The van der Waals surface area contributed by atoms with E-state index in [2.05, 4.69) is 121 Å². The predicted molar refractivity (Wildman–Crippen MR) is 262 cm³/mol. The molecule has 2 unspecified atom stereocenters. The number of rotatable bonds is 11. The van der Waals surface area contributed by atoms with E-state index in [9.17, 15) is 9.59 Å². The van der Waals surface area contributed by atoms with Gasteiger partial charge in [0.1, 0.15) is 11.5 Å². The Morgan fingerprint density at radius 3 is 1.29 bits per heavy atom. The summed E-state index contributed by atoms with van der Waals surface area (Å²) in [5.41, 5.74) is 24.1. The van der Waals surface area contributed by atoms with Crippen LogP contribution in [-0.4, -0.2) is 72.6 Å². The molecule has 3 fully saturated rings. The van der Waals surface area contributed by atoms with E-state index in [1.165, 1.54) is 32.2 Å². The van der Waals surface area contributed by atoms with Crippen molar-refractivity contribution < 1.29 is 29.3 Å². The van der Waals surface area contributed by atoms with Crippen molar-refractivity contribution in [2.24, 2.45) is 0 Å². The molecular weight excluding hydrogens is 819 g/mol. The van der Waals surface area contributed by atoms with Crippen LogP contribution in [0.2, 0.25) is 0 Å². The van der Waals surface area contributed by atoms with Gasteiger partial charge in [-0.25, -0.2) is 9.59 Å². The lowest BCUT2D eigenvalue weighted by Gasteiger charge is -2.34. The fraction of sp³-hybridized carbons (Fsp3) is 0.385. The molecule has 0 spiro atoms. The number of nitrogens with two attached hydrogens (primary N) is 2. The molecule has 13 heteroatoms. The van der Waals surface area contributed by atoms with Gasteiger partial charge in [-0.2, -0.15) is 0 Å². The number of carbonyl (C=O) groups is 2. The Bertz CT molecular complexity index is 2170. The highest BCUT2D eigenvalue weighted by Gasteiger charge is 2.36. The number of amides is 2. The Kier molecular flexibility index (Phi) is 16.3. The molecule has 0 bridgehead atoms. The van der Waals surface area contributed by atoms with Crippen LogP contribution in [0, 0.1) is 0 Å². The smallest absolute Gasteiger partial charge is 0.407 e. The second-order valence-electron chi connectivity index (χ2n) is 17.9. The second-order valence-corrected chi connectivity index (χ2v) is 17.9. The SMILES string of the molecule is COc1ccc(CNc2ccc(C3CCC(c4ccc(NCc5ccc(OC)cc5)c(N)c4)N3c3ccc(C(C)(C)C)cc3)cc2N)cc1.O=C(O)N1CCCC1.O=C(O)N1CCCC1. The molecule has 346 valence electrons. The van der Waals surface area contributed by atoms with E-state index in [4.69, 9.17) is 31.2 Å². The summed E-state index contributed by atoms with van der Waals surface area (Å²) < 4.78 is 10.6. The van der Waals surface area contributed by atoms with Crippen molar-refractivity contribution in [1.82, 2.24) is 9.80 Å². The molecule has 2 amide bonds. The highest BCUT2D eigenvalue weighted by molar-refractivity contribution is 5.70. The average molecular weight is 886 g/mol. The normalized spacial score (nSPS) is 16.8. The Morgan fingerprint density at radius 1 is 0.600 bits per heavy atom. The van der Waals surface area contributed by atoms with E-state index in [1.54, 1.807) is 14.2 Å². The lowest BCUT2D eigenvalue weighted by Crippen LogP contribution is -2.26. The summed E-state index contributed by atoms with van der Waals surface area (Å²) in [6.45, 7) is 11.0. The van der Waals surface area contributed by atoms with Crippen molar-refractivity contribution in [2.45, 2.75) is 89.9 Å². The minimum absolute atomic E-state index is 0.0779. The van der Waals surface area contributed by atoms with E-state index in [-0.39, 0.29) is 17.5 Å². The van der Waals surface area contributed by atoms with Crippen molar-refractivity contribution in [2.75, 3.05) is 67.4 Å². The molecule has 5 aromatic rings. The zero-order chi connectivity index (χ0) is 46.5. The standard InChI is InChI=1S/C42H49N5O2.2C5H9NO2/c1-42(2,3)32-12-14-33(15-13-32)47-40(30-10-20-38(36(43)24-30)45-26-28-6-16-34(48-4)17-7-28)22-23-41(47)31-11-21-39(37(44)25-31)46-27-29-8-18-35(49-5)19-9-29;2*7-5(8)6-3-1-2-4-6/h6-21,24-25,40-41,45-46H,22-23,26-27,43-44H2,1-5H3;2*1-4H2,(H,7,8). The van der Waals surface area contributed by atoms with Gasteiger partial charge in [0.25, 0.3) is 0 Å². The number of nitrogens with one attached hydrogen (secondary N) is 2. The molecule has 8 N–H and O–H groups in total. The van der Waals surface area contributed by atoms with Gasteiger partial charge in [-0.3, -0.25) is 0 Å². The molecule has 3 saturated heterocycles. The molecule has 0 aromatic heterocycles. The van der Waals surface area contributed by atoms with Crippen LogP contribution < -0.4 is 36.5 Å². The Hall–Kier alpha value is -6.76. The number of benzene rings is 5. The van der Waals surface area contributed by atoms with Crippen LogP contribution in [-0.2, 0) is 18.5 Å². The Balaban J connectivity index is 0.000000366. The summed E-state index contributed by atoms with van der Waals surface area (Å²) >= 11 is 0. The Labute approximate surface area is 384 Å². The first-order valence-corrected chi connectivity index (χ1v) is 22.6. The summed E-state index contributed by atoms with van der Waals surface area (Å²) in [5.74, 6) is 1.69. The van der Waals surface area contributed by atoms with Gasteiger partial charge in [0.05, 0.1) is 49.1 Å². The van der Waals surface area contributed by atoms with Crippen molar-refractivity contribution in [3.63, 3.8) is 0 Å². The number of likely N-dealkylation sites (tertiary alicyclic amines) is 2. The molecule has 3 heterocycles. The van der Waals surface area contributed by atoms with Gasteiger partial charge in [-0.1, -0.05) is 69.3 Å². The minimum atomic E-state index is -0.775. The van der Waals surface area contributed by atoms with Crippen LogP contribution in [0.5, 0.6) is 11.5 Å². The highest BCUT2D eigenvalue weighted by Crippen LogP contribution is 2.48. The first kappa shape index (κ1) is 47.7. The van der Waals surface area contributed by atoms with Gasteiger partial charge in [0.15, 0.2) is 0 Å². The minimum Gasteiger partial charge on any atom is -0.497 e. The predicted octanol–water partition coefficient (Wildman–Crippen LogP) is 11.0. The third-order valence-electron chi connectivity index (χ3n) is 12.4. The number of nitrogen functional groups attached to an aromatic ring is 2. The molecule has 2 atom stereocenters. The van der Waals surface area contributed by atoms with Crippen LogP contribution in [0.1, 0.15) is 99.2 Å². The zero-order valence-corrected chi connectivity index (χ0v) is 38.6. The van der Waals surface area contributed by atoms with Gasteiger partial charge in [0, 0.05) is 45.0 Å². The molecule has 8 rings (SSSR count). The first-order chi connectivity index (χ1) is 31.2. The molecule has 65 heavy (non-hydrogen) atoms. The van der Waals surface area contributed by atoms with Crippen molar-refractivity contribution in [3.8, 4) is 11.5 Å². The third kappa shape index (κ3) is 12.9. The maximum Gasteiger partial charge on any atom is 0.407 e. The fourth-order valence-electron chi connectivity index (χ4n) is 8.56. The largest absolute Gasteiger partial charge is 0.497 e. The maximum atomic E-state index is 10.1. The van der Waals surface area contributed by atoms with Gasteiger partial charge < -0.3 is 56.5 Å². The quantitative estimate of drug-likeness (QED) is 0.0695. The zero-order valence-electron chi connectivity index (χ0n) is 38.6. The van der Waals surface area contributed by atoms with E-state index in [1.807, 2.05) is 24.3 Å². The molecule has 0 saturated carbocycles. The number of nitrogens with zero attached hydrogens (tertiary/aromatic N) is 3. The van der Waals surface area contributed by atoms with Crippen LogP contribution in [0.4, 0.5) is 38.0 Å². The molecule has 0 aliphatic carbocycles. The number of carboxylic acid groups (broad SMARTS) is 2. The lowest BCUT2D eigenvalue weighted by atomic mass is 9.87. The van der Waals surface area contributed by atoms with E-state index >= 15 is 0 Å². The molecule has 3 aliphatic heterocycles. The Morgan fingerprint density at radius 2 is 0.985 bits per heavy atom. The number of hydrogen-bond acceptors (Lipinski definition) is 9. The maximum absolute atomic E-state index is 10.1. The fourth-order valence-corrected chi connectivity index (χ4v) is 8.56. The molecule has 5 aromatic carbocycles. The summed E-state index contributed by atoms with van der Waals surface area (Å²) in [5, 5.41) is 23.7. The number of ether oxygens (including phenoxy) is 2. The van der Waals surface area contributed by atoms with Crippen molar-refractivity contribution in [1.29, 1.82) is 0 Å². The monoisotopic (exact) mass is 886 g/mol. The number of hydrogen-bond donors (Lipinski definition) is 6. The second kappa shape index (κ2) is 22.2. The molecule has 0 radical (unpaired) electrons. The van der Waals surface area contributed by atoms with E-state index < -0.39 is 12.2 Å². The summed E-state index contributed by atoms with van der Waals surface area (Å²) in [4.78, 5) is 25.7. The summed E-state index contributed by atoms with van der Waals surface area (Å²) in [6, 6.07) is 38.5. The van der Waals surface area contributed by atoms with Crippen molar-refractivity contribution >= 4 is 40.6 Å². The topological polar surface area (TPSA) is 179 Å². The van der Waals surface area contributed by atoms with Gasteiger partial charge >= 0.3 is 12.2 Å². The van der Waals surface area contributed by atoms with Crippen LogP contribution in [0.25, 0.3) is 0 Å². The van der Waals surface area contributed by atoms with E-state index in [0.29, 0.717) is 13.1 Å². The summed E-state index contributed by atoms with van der Waals surface area (Å²) in [7, 11) is 3.36. The average Bonchev–Trinajstić information content (AvgIpc) is 4.13. The van der Waals surface area contributed by atoms with Crippen molar-refractivity contribution in [3.05, 3.63) is 137 Å². The summed E-state index contributed by atoms with van der Waals surface area (Å²) in [6.07, 6.45) is 4.59. The highest BCUT2D eigenvalue weighted by atomic mass is 16.5. The number of methoxy groups -OCH3 is 2. The lowest BCUT2D eigenvalue weighted by molar-refractivity contribution is 0.154. The molecule has 3 aliphatic rings. The number of anilines is 5. The molecule has 13 nitrogen and oxygen atoms in total.